The van der Waals surface area contributed by atoms with Crippen LogP contribution in [-0.2, 0) is 0 Å². The van der Waals surface area contributed by atoms with E-state index in [9.17, 15) is 10.2 Å². The lowest BCUT2D eigenvalue weighted by atomic mass is 9.69. The first-order valence-electron chi connectivity index (χ1n) is 8.69. The van der Waals surface area contributed by atoms with Crippen molar-refractivity contribution in [1.82, 2.24) is 10.2 Å². The maximum Gasteiger partial charge on any atom is 0.0938 e. The number of hydrogen-bond acceptors (Lipinski definition) is 4. The molecule has 4 atom stereocenters. The van der Waals surface area contributed by atoms with Crippen molar-refractivity contribution in [2.45, 2.75) is 58.7 Å². The lowest BCUT2D eigenvalue weighted by Gasteiger charge is -2.43. The Bertz CT molecular complexity index is 314. The fourth-order valence-corrected chi connectivity index (χ4v) is 4.21. The SMILES string of the molecule is CC(C)CNCC1(CN2CC(O)C(O)C2)CCCC(C)C1. The molecule has 0 bridgehead atoms. The molecule has 0 aromatic rings. The third kappa shape index (κ3) is 4.92. The Morgan fingerprint density at radius 3 is 2.48 bits per heavy atom. The van der Waals surface area contributed by atoms with Crippen LogP contribution < -0.4 is 5.32 Å². The summed E-state index contributed by atoms with van der Waals surface area (Å²) in [5.74, 6) is 1.47. The van der Waals surface area contributed by atoms with E-state index in [1.807, 2.05) is 0 Å². The van der Waals surface area contributed by atoms with E-state index in [4.69, 9.17) is 0 Å². The molecule has 0 radical (unpaired) electrons. The van der Waals surface area contributed by atoms with Gasteiger partial charge in [0.15, 0.2) is 0 Å². The summed E-state index contributed by atoms with van der Waals surface area (Å²) in [6, 6.07) is 0. The van der Waals surface area contributed by atoms with Gasteiger partial charge in [-0.3, -0.25) is 4.90 Å². The van der Waals surface area contributed by atoms with Crippen LogP contribution in [0.4, 0.5) is 0 Å². The monoisotopic (exact) mass is 298 g/mol. The Balaban J connectivity index is 1.94. The average Bonchev–Trinajstić information content (AvgIpc) is 2.67. The molecule has 1 aliphatic carbocycles. The number of nitrogens with one attached hydrogen (secondary N) is 1. The third-order valence-electron chi connectivity index (χ3n) is 5.13. The molecule has 124 valence electrons. The molecular formula is C17H34N2O2. The quantitative estimate of drug-likeness (QED) is 0.695. The van der Waals surface area contributed by atoms with Gasteiger partial charge in [0.2, 0.25) is 0 Å². The van der Waals surface area contributed by atoms with E-state index in [1.54, 1.807) is 0 Å². The topological polar surface area (TPSA) is 55.7 Å². The third-order valence-corrected chi connectivity index (χ3v) is 5.13. The molecule has 1 saturated carbocycles. The van der Waals surface area contributed by atoms with Gasteiger partial charge in [0, 0.05) is 26.2 Å². The molecule has 1 saturated heterocycles. The highest BCUT2D eigenvalue weighted by Crippen LogP contribution is 2.40. The van der Waals surface area contributed by atoms with Gasteiger partial charge in [0.05, 0.1) is 12.2 Å². The summed E-state index contributed by atoms with van der Waals surface area (Å²) >= 11 is 0. The van der Waals surface area contributed by atoms with Crippen LogP contribution in [0.25, 0.3) is 0 Å². The Hall–Kier alpha value is -0.160. The van der Waals surface area contributed by atoms with E-state index < -0.39 is 12.2 Å². The molecule has 0 aromatic heterocycles. The summed E-state index contributed by atoms with van der Waals surface area (Å²) < 4.78 is 0. The molecule has 1 aliphatic heterocycles. The zero-order chi connectivity index (χ0) is 15.5. The highest BCUT2D eigenvalue weighted by atomic mass is 16.3. The van der Waals surface area contributed by atoms with Crippen LogP contribution in [0.1, 0.15) is 46.5 Å². The lowest BCUT2D eigenvalue weighted by Crippen LogP contribution is -2.47. The molecule has 2 fully saturated rings. The van der Waals surface area contributed by atoms with Crippen LogP contribution in [0.2, 0.25) is 0 Å². The van der Waals surface area contributed by atoms with Gasteiger partial charge in [-0.2, -0.15) is 0 Å². The summed E-state index contributed by atoms with van der Waals surface area (Å²) in [5, 5.41) is 23.2. The summed E-state index contributed by atoms with van der Waals surface area (Å²) in [6.07, 6.45) is 4.06. The van der Waals surface area contributed by atoms with Crippen LogP contribution in [0.3, 0.4) is 0 Å². The number of likely N-dealkylation sites (tertiary alicyclic amines) is 1. The van der Waals surface area contributed by atoms with Gasteiger partial charge in [-0.1, -0.05) is 33.6 Å². The molecule has 4 unspecified atom stereocenters. The van der Waals surface area contributed by atoms with Crippen molar-refractivity contribution in [3.63, 3.8) is 0 Å². The Kier molecular flexibility index (Phi) is 6.06. The fourth-order valence-electron chi connectivity index (χ4n) is 4.21. The zero-order valence-electron chi connectivity index (χ0n) is 14.0. The van der Waals surface area contributed by atoms with Gasteiger partial charge in [-0.05, 0) is 36.6 Å². The van der Waals surface area contributed by atoms with Crippen LogP contribution in [-0.4, -0.2) is 60.0 Å². The van der Waals surface area contributed by atoms with Crippen molar-refractivity contribution in [2.24, 2.45) is 17.3 Å². The zero-order valence-corrected chi connectivity index (χ0v) is 14.0. The maximum atomic E-state index is 9.78. The fraction of sp³-hybridized carbons (Fsp3) is 1.00. The van der Waals surface area contributed by atoms with Crippen molar-refractivity contribution in [3.8, 4) is 0 Å². The van der Waals surface area contributed by atoms with E-state index in [0.29, 0.717) is 24.4 Å². The van der Waals surface area contributed by atoms with Gasteiger partial charge < -0.3 is 15.5 Å². The van der Waals surface area contributed by atoms with Gasteiger partial charge in [0.1, 0.15) is 0 Å². The number of rotatable bonds is 6. The van der Waals surface area contributed by atoms with E-state index in [2.05, 4.69) is 31.0 Å². The Labute approximate surface area is 129 Å². The number of aliphatic hydroxyl groups excluding tert-OH is 2. The van der Waals surface area contributed by atoms with E-state index in [-0.39, 0.29) is 0 Å². The molecule has 0 spiro atoms. The summed E-state index contributed by atoms with van der Waals surface area (Å²) in [4.78, 5) is 2.27. The molecule has 4 nitrogen and oxygen atoms in total. The number of nitrogens with zero attached hydrogens (tertiary/aromatic N) is 1. The maximum absolute atomic E-state index is 9.78. The van der Waals surface area contributed by atoms with E-state index in [0.717, 1.165) is 25.6 Å². The minimum absolute atomic E-state index is 0.316. The van der Waals surface area contributed by atoms with Crippen LogP contribution in [0, 0.1) is 17.3 Å². The number of β-amino-alcohol motifs (C(OH)–C–C–N with tert-alkyl or cyclic N) is 2. The van der Waals surface area contributed by atoms with Crippen LogP contribution in [0.5, 0.6) is 0 Å². The largest absolute Gasteiger partial charge is 0.389 e. The molecular weight excluding hydrogens is 264 g/mol. The number of aliphatic hydroxyl groups is 2. The van der Waals surface area contributed by atoms with Crippen molar-refractivity contribution in [1.29, 1.82) is 0 Å². The Morgan fingerprint density at radius 2 is 1.90 bits per heavy atom. The predicted molar refractivity (Wildman–Crippen MR) is 86.2 cm³/mol. The second-order valence-corrected chi connectivity index (χ2v) is 8.06. The minimum atomic E-state index is -0.563. The first kappa shape index (κ1) is 17.2. The summed E-state index contributed by atoms with van der Waals surface area (Å²) in [7, 11) is 0. The molecule has 1 heterocycles. The highest BCUT2D eigenvalue weighted by Gasteiger charge is 2.39. The molecule has 2 rings (SSSR count). The molecule has 0 amide bonds. The lowest BCUT2D eigenvalue weighted by molar-refractivity contribution is 0.0572. The molecule has 3 N–H and O–H groups in total. The van der Waals surface area contributed by atoms with E-state index >= 15 is 0 Å². The summed E-state index contributed by atoms with van der Waals surface area (Å²) in [6.45, 7) is 11.3. The van der Waals surface area contributed by atoms with Gasteiger partial charge in [-0.25, -0.2) is 0 Å². The first-order valence-corrected chi connectivity index (χ1v) is 8.69. The Morgan fingerprint density at radius 1 is 1.24 bits per heavy atom. The summed E-state index contributed by atoms with van der Waals surface area (Å²) in [5.41, 5.74) is 0.316. The van der Waals surface area contributed by atoms with Crippen LogP contribution in [0.15, 0.2) is 0 Å². The van der Waals surface area contributed by atoms with Gasteiger partial charge in [0.25, 0.3) is 0 Å². The second-order valence-electron chi connectivity index (χ2n) is 8.06. The number of hydrogen-bond donors (Lipinski definition) is 3. The van der Waals surface area contributed by atoms with Crippen molar-refractivity contribution in [3.05, 3.63) is 0 Å². The van der Waals surface area contributed by atoms with Gasteiger partial charge in [-0.15, -0.1) is 0 Å². The standard InChI is InChI=1S/C17H34N2O2/c1-13(2)8-18-11-17(6-4-5-14(3)7-17)12-19-9-15(20)16(21)10-19/h13-16,18,20-21H,4-12H2,1-3H3. The van der Waals surface area contributed by atoms with E-state index in [1.165, 1.54) is 25.7 Å². The molecule has 2 aliphatic rings. The normalized spacial score (nSPS) is 38.3. The second kappa shape index (κ2) is 7.40. The molecule has 0 aromatic carbocycles. The smallest absolute Gasteiger partial charge is 0.0938 e. The van der Waals surface area contributed by atoms with Crippen molar-refractivity contribution >= 4 is 0 Å². The first-order chi connectivity index (χ1) is 9.90. The van der Waals surface area contributed by atoms with Crippen LogP contribution >= 0.6 is 0 Å². The average molecular weight is 298 g/mol. The molecule has 21 heavy (non-hydrogen) atoms. The van der Waals surface area contributed by atoms with Crippen molar-refractivity contribution in [2.75, 3.05) is 32.7 Å². The van der Waals surface area contributed by atoms with Crippen molar-refractivity contribution < 1.29 is 10.2 Å². The van der Waals surface area contributed by atoms with Gasteiger partial charge >= 0.3 is 0 Å². The molecule has 4 heteroatoms. The minimum Gasteiger partial charge on any atom is -0.389 e. The predicted octanol–water partition coefficient (Wildman–Crippen LogP) is 1.47. The highest BCUT2D eigenvalue weighted by molar-refractivity contribution is 4.93.